The molecule has 3 rings (SSSR count). The Morgan fingerprint density at radius 2 is 2.08 bits per heavy atom. The van der Waals surface area contributed by atoms with Gasteiger partial charge < -0.3 is 5.32 Å². The van der Waals surface area contributed by atoms with Gasteiger partial charge in [-0.25, -0.2) is 9.67 Å². The van der Waals surface area contributed by atoms with Crippen molar-refractivity contribution < 1.29 is 4.79 Å². The van der Waals surface area contributed by atoms with Gasteiger partial charge in [-0.1, -0.05) is 6.07 Å². The summed E-state index contributed by atoms with van der Waals surface area (Å²) in [6.45, 7) is 3.91. The number of rotatable bonds is 4. The molecule has 0 fully saturated rings. The van der Waals surface area contributed by atoms with Crippen molar-refractivity contribution in [3.05, 3.63) is 71.9 Å². The van der Waals surface area contributed by atoms with E-state index in [-0.39, 0.29) is 5.91 Å². The molecule has 0 saturated heterocycles. The number of nitrogens with zero attached hydrogens (tertiary/aromatic N) is 4. The normalized spacial score (nSPS) is 10.9. The maximum absolute atomic E-state index is 11.9. The summed E-state index contributed by atoms with van der Waals surface area (Å²) < 4.78 is 1.77. The van der Waals surface area contributed by atoms with Gasteiger partial charge in [-0.3, -0.25) is 9.78 Å². The van der Waals surface area contributed by atoms with Crippen molar-refractivity contribution >= 4 is 17.7 Å². The molecule has 3 aromatic heterocycles. The van der Waals surface area contributed by atoms with Gasteiger partial charge in [-0.2, -0.15) is 5.10 Å². The average Bonchev–Trinajstić information content (AvgIpc) is 2.93. The minimum Gasteiger partial charge on any atom is -0.321 e. The summed E-state index contributed by atoms with van der Waals surface area (Å²) >= 11 is 0. The zero-order chi connectivity index (χ0) is 16.9. The quantitative estimate of drug-likeness (QED) is 0.750. The molecule has 0 aliphatic rings. The molecule has 0 spiro atoms. The maximum atomic E-state index is 11.9. The first-order valence-electron chi connectivity index (χ1n) is 7.50. The molecule has 1 amide bonds. The Labute approximate surface area is 139 Å². The highest BCUT2D eigenvalue weighted by Gasteiger charge is 2.05. The zero-order valence-electron chi connectivity index (χ0n) is 13.5. The van der Waals surface area contributed by atoms with E-state index in [0.717, 1.165) is 17.0 Å². The van der Waals surface area contributed by atoms with Crippen molar-refractivity contribution in [2.75, 3.05) is 5.32 Å². The van der Waals surface area contributed by atoms with Gasteiger partial charge in [0.1, 0.15) is 0 Å². The largest absolute Gasteiger partial charge is 0.321 e. The molecule has 0 atom stereocenters. The van der Waals surface area contributed by atoms with Crippen LogP contribution >= 0.6 is 0 Å². The minimum atomic E-state index is -0.223. The van der Waals surface area contributed by atoms with Crippen molar-refractivity contribution in [3.63, 3.8) is 0 Å². The molecule has 1 N–H and O–H groups in total. The van der Waals surface area contributed by atoms with Crippen molar-refractivity contribution in [3.8, 4) is 5.82 Å². The van der Waals surface area contributed by atoms with E-state index in [1.54, 1.807) is 35.4 Å². The molecule has 0 bridgehead atoms. The lowest BCUT2D eigenvalue weighted by Crippen LogP contribution is -2.09. The number of hydrogen-bond acceptors (Lipinski definition) is 4. The van der Waals surface area contributed by atoms with Gasteiger partial charge in [0.25, 0.3) is 0 Å². The lowest BCUT2D eigenvalue weighted by molar-refractivity contribution is -0.111. The van der Waals surface area contributed by atoms with Crippen LogP contribution in [0.2, 0.25) is 0 Å². The number of carbonyl (C=O) groups excluding carboxylic acids is 1. The molecule has 120 valence electrons. The smallest absolute Gasteiger partial charge is 0.248 e. The molecular weight excluding hydrogens is 302 g/mol. The molecule has 0 saturated carbocycles. The third-order valence-electron chi connectivity index (χ3n) is 3.35. The molecule has 6 nitrogen and oxygen atoms in total. The third-order valence-corrected chi connectivity index (χ3v) is 3.35. The van der Waals surface area contributed by atoms with Crippen molar-refractivity contribution in [1.82, 2.24) is 19.7 Å². The first-order chi connectivity index (χ1) is 11.6. The highest BCUT2D eigenvalue weighted by Crippen LogP contribution is 2.12. The van der Waals surface area contributed by atoms with E-state index in [1.807, 2.05) is 38.1 Å². The van der Waals surface area contributed by atoms with Crippen molar-refractivity contribution in [2.45, 2.75) is 13.8 Å². The highest BCUT2D eigenvalue weighted by molar-refractivity contribution is 6.01. The monoisotopic (exact) mass is 319 g/mol. The van der Waals surface area contributed by atoms with E-state index < -0.39 is 0 Å². The van der Waals surface area contributed by atoms with Crippen LogP contribution < -0.4 is 5.32 Å². The minimum absolute atomic E-state index is 0.223. The Morgan fingerprint density at radius 3 is 2.71 bits per heavy atom. The van der Waals surface area contributed by atoms with Crippen molar-refractivity contribution in [1.29, 1.82) is 0 Å². The number of carbonyl (C=O) groups is 1. The Balaban J connectivity index is 1.67. The van der Waals surface area contributed by atoms with Gasteiger partial charge in [0.15, 0.2) is 5.82 Å². The second kappa shape index (κ2) is 6.87. The van der Waals surface area contributed by atoms with Gasteiger partial charge in [-0.05, 0) is 49.8 Å². The predicted octanol–water partition coefficient (Wildman–Crippen LogP) is 2.93. The highest BCUT2D eigenvalue weighted by atomic mass is 16.1. The van der Waals surface area contributed by atoms with Crippen LogP contribution in [0.15, 0.2) is 55.0 Å². The lowest BCUT2D eigenvalue weighted by atomic mass is 10.2. The summed E-state index contributed by atoms with van der Waals surface area (Å²) in [6.07, 6.45) is 8.16. The van der Waals surface area contributed by atoms with Gasteiger partial charge in [0, 0.05) is 24.2 Å². The summed E-state index contributed by atoms with van der Waals surface area (Å²) in [6, 6.07) is 9.30. The van der Waals surface area contributed by atoms with Crippen LogP contribution in [0, 0.1) is 13.8 Å². The predicted molar refractivity (Wildman–Crippen MR) is 92.7 cm³/mol. The molecule has 24 heavy (non-hydrogen) atoms. The van der Waals surface area contributed by atoms with Crippen LogP contribution in [0.5, 0.6) is 0 Å². The fourth-order valence-corrected chi connectivity index (χ4v) is 2.28. The fourth-order valence-electron chi connectivity index (χ4n) is 2.28. The number of hydrogen-bond donors (Lipinski definition) is 1. The van der Waals surface area contributed by atoms with E-state index in [9.17, 15) is 4.79 Å². The Hall–Kier alpha value is -3.28. The summed E-state index contributed by atoms with van der Waals surface area (Å²) in [5.74, 6) is 0.490. The topological polar surface area (TPSA) is 72.7 Å². The van der Waals surface area contributed by atoms with Gasteiger partial charge in [0.2, 0.25) is 5.91 Å². The maximum Gasteiger partial charge on any atom is 0.248 e. The second-order valence-corrected chi connectivity index (χ2v) is 5.35. The van der Waals surface area contributed by atoms with Gasteiger partial charge in [0.05, 0.1) is 17.6 Å². The van der Waals surface area contributed by atoms with E-state index >= 15 is 0 Å². The van der Waals surface area contributed by atoms with Crippen LogP contribution in [0.25, 0.3) is 11.9 Å². The average molecular weight is 319 g/mol. The SMILES string of the molecule is Cc1cc(C)n(-c2ccc(NC(=O)/C=C/c3cccnc3)cn2)n1. The Kier molecular flexibility index (Phi) is 4.47. The van der Waals surface area contributed by atoms with Crippen LogP contribution in [0.3, 0.4) is 0 Å². The zero-order valence-corrected chi connectivity index (χ0v) is 13.5. The number of aromatic nitrogens is 4. The third kappa shape index (κ3) is 3.73. The fraction of sp³-hybridized carbons (Fsp3) is 0.111. The lowest BCUT2D eigenvalue weighted by Gasteiger charge is -2.05. The summed E-state index contributed by atoms with van der Waals surface area (Å²) in [7, 11) is 0. The van der Waals surface area contributed by atoms with E-state index in [4.69, 9.17) is 0 Å². The molecule has 3 aromatic rings. The summed E-state index contributed by atoms with van der Waals surface area (Å²) in [5, 5.41) is 7.16. The van der Waals surface area contributed by atoms with E-state index in [0.29, 0.717) is 11.5 Å². The van der Waals surface area contributed by atoms with Crippen LogP contribution in [-0.4, -0.2) is 25.7 Å². The number of nitrogens with one attached hydrogen (secondary N) is 1. The summed E-state index contributed by atoms with van der Waals surface area (Å²) in [5.41, 5.74) is 3.44. The number of pyridine rings is 2. The molecule has 0 radical (unpaired) electrons. The first-order valence-corrected chi connectivity index (χ1v) is 7.50. The van der Waals surface area contributed by atoms with Crippen LogP contribution in [0.4, 0.5) is 5.69 Å². The number of aryl methyl sites for hydroxylation is 2. The first kappa shape index (κ1) is 15.6. The second-order valence-electron chi connectivity index (χ2n) is 5.35. The van der Waals surface area contributed by atoms with Crippen LogP contribution in [-0.2, 0) is 4.79 Å². The van der Waals surface area contributed by atoms with Gasteiger partial charge >= 0.3 is 0 Å². The van der Waals surface area contributed by atoms with Crippen LogP contribution in [0.1, 0.15) is 17.0 Å². The Morgan fingerprint density at radius 1 is 1.21 bits per heavy atom. The van der Waals surface area contributed by atoms with E-state index in [1.165, 1.54) is 6.08 Å². The number of anilines is 1. The van der Waals surface area contributed by atoms with E-state index in [2.05, 4.69) is 20.4 Å². The molecular formula is C18H17N5O. The van der Waals surface area contributed by atoms with Crippen molar-refractivity contribution in [2.24, 2.45) is 0 Å². The Bertz CT molecular complexity index is 866. The number of amides is 1. The molecule has 3 heterocycles. The van der Waals surface area contributed by atoms with Gasteiger partial charge in [-0.15, -0.1) is 0 Å². The molecule has 6 heteroatoms. The molecule has 0 aliphatic heterocycles. The summed E-state index contributed by atoms with van der Waals surface area (Å²) in [4.78, 5) is 20.3. The molecule has 0 aliphatic carbocycles. The standard InChI is InChI=1S/C18H17N5O/c1-13-10-14(2)23(22-13)17-7-6-16(12-20-17)21-18(24)8-5-15-4-3-9-19-11-15/h3-12H,1-2H3,(H,21,24)/b8-5+. The molecule has 0 unspecified atom stereocenters. The molecule has 0 aromatic carbocycles.